The molecule has 0 aliphatic heterocycles. The molecule has 0 spiro atoms. The summed E-state index contributed by atoms with van der Waals surface area (Å²) in [6.07, 6.45) is 2.59. The number of carbonyl (C=O) groups excluding carboxylic acids is 1. The fourth-order valence-electron chi connectivity index (χ4n) is 3.53. The fourth-order valence-corrected chi connectivity index (χ4v) is 4.50. The number of hydrogen-bond donors (Lipinski definition) is 1. The Labute approximate surface area is 193 Å². The number of aryl methyl sites for hydroxylation is 1. The highest BCUT2D eigenvalue weighted by molar-refractivity contribution is 7.15. The van der Waals surface area contributed by atoms with Gasteiger partial charge < -0.3 is 4.52 Å². The third-order valence-corrected chi connectivity index (χ3v) is 6.24. The second-order valence-corrected chi connectivity index (χ2v) is 9.05. The number of aromatic nitrogens is 2. The van der Waals surface area contributed by atoms with Crippen molar-refractivity contribution in [1.29, 1.82) is 0 Å². The van der Waals surface area contributed by atoms with E-state index in [1.165, 1.54) is 22.5 Å². The largest absolute Gasteiger partial charge is 0.355 e. The zero-order chi connectivity index (χ0) is 22.1. The molecule has 1 N–H and O–H groups in total. The van der Waals surface area contributed by atoms with Crippen molar-refractivity contribution in [2.45, 2.75) is 13.3 Å². The van der Waals surface area contributed by atoms with Crippen LogP contribution < -0.4 is 5.32 Å². The number of fused-ring (bicyclic) bond motifs is 1. The molecule has 1 amide bonds. The van der Waals surface area contributed by atoms with Crippen LogP contribution in [0.4, 0.5) is 5.13 Å². The summed E-state index contributed by atoms with van der Waals surface area (Å²) in [5.41, 5.74) is 4.48. The van der Waals surface area contributed by atoms with E-state index < -0.39 is 0 Å². The highest BCUT2D eigenvalue weighted by Gasteiger charge is 2.15. The maximum absolute atomic E-state index is 12.9. The molecule has 5 nitrogen and oxygen atoms in total. The Morgan fingerprint density at radius 1 is 1.09 bits per heavy atom. The van der Waals surface area contributed by atoms with Crippen molar-refractivity contribution >= 4 is 44.9 Å². The Bertz CT molecular complexity index is 1420. The summed E-state index contributed by atoms with van der Waals surface area (Å²) < 4.78 is 5.53. The van der Waals surface area contributed by atoms with Crippen LogP contribution >= 0.6 is 22.9 Å². The molecule has 0 fully saturated rings. The monoisotopic (exact) mass is 459 g/mol. The second kappa shape index (κ2) is 8.57. The van der Waals surface area contributed by atoms with Crippen LogP contribution in [0.1, 0.15) is 26.4 Å². The van der Waals surface area contributed by atoms with Gasteiger partial charge in [-0.05, 0) is 55.0 Å². The number of benzene rings is 3. The van der Waals surface area contributed by atoms with Gasteiger partial charge in [-0.15, -0.1) is 11.3 Å². The smallest absolute Gasteiger partial charge is 0.257 e. The van der Waals surface area contributed by atoms with Crippen LogP contribution in [0.25, 0.3) is 22.2 Å². The van der Waals surface area contributed by atoms with Gasteiger partial charge in [-0.25, -0.2) is 4.98 Å². The molecule has 7 heteroatoms. The lowest BCUT2D eigenvalue weighted by Crippen LogP contribution is -2.11. The first-order valence-electron chi connectivity index (χ1n) is 10.0. The highest BCUT2D eigenvalue weighted by atomic mass is 35.5. The molecule has 0 saturated heterocycles. The van der Waals surface area contributed by atoms with Gasteiger partial charge in [-0.3, -0.25) is 10.1 Å². The van der Waals surface area contributed by atoms with E-state index in [1.807, 2.05) is 24.4 Å². The number of amides is 1. The lowest BCUT2D eigenvalue weighted by molar-refractivity contribution is 0.102. The van der Waals surface area contributed by atoms with E-state index >= 15 is 0 Å². The SMILES string of the molecule is Cc1cccc(Cc2cnc(NC(=O)c3ccc4noc(-c5ccc(Cl)cc5)c4c3)s2)c1. The number of carbonyl (C=O) groups is 1. The zero-order valence-corrected chi connectivity index (χ0v) is 18.7. The standard InChI is InChI=1S/C25H18ClN3O2S/c1-15-3-2-4-16(11-15)12-20-14-27-25(32-20)28-24(30)18-7-10-22-21(13-18)23(31-29-22)17-5-8-19(26)9-6-17/h2-11,13-14H,12H2,1H3,(H,27,28,30). The molecule has 0 bridgehead atoms. The molecule has 158 valence electrons. The predicted octanol–water partition coefficient (Wildman–Crippen LogP) is 6.76. The normalized spacial score (nSPS) is 11.1. The van der Waals surface area contributed by atoms with E-state index in [0.29, 0.717) is 27.0 Å². The van der Waals surface area contributed by atoms with Crippen LogP contribution in [-0.2, 0) is 6.42 Å². The molecular weight excluding hydrogens is 442 g/mol. The number of hydrogen-bond acceptors (Lipinski definition) is 5. The van der Waals surface area contributed by atoms with Gasteiger partial charge in [0.25, 0.3) is 5.91 Å². The Kier molecular flexibility index (Phi) is 5.47. The number of nitrogens with one attached hydrogen (secondary N) is 1. The minimum absolute atomic E-state index is 0.230. The van der Waals surface area contributed by atoms with Crippen LogP contribution in [0.15, 0.2) is 77.4 Å². The van der Waals surface area contributed by atoms with Crippen molar-refractivity contribution in [3.8, 4) is 11.3 Å². The van der Waals surface area contributed by atoms with E-state index in [1.54, 1.807) is 30.3 Å². The number of nitrogens with zero attached hydrogens (tertiary/aromatic N) is 2. The molecule has 0 radical (unpaired) electrons. The van der Waals surface area contributed by atoms with Gasteiger partial charge in [0.2, 0.25) is 0 Å². The second-order valence-electron chi connectivity index (χ2n) is 7.50. The summed E-state index contributed by atoms with van der Waals surface area (Å²) >= 11 is 7.46. The Balaban J connectivity index is 1.35. The van der Waals surface area contributed by atoms with Crippen molar-refractivity contribution in [1.82, 2.24) is 10.1 Å². The highest BCUT2D eigenvalue weighted by Crippen LogP contribution is 2.30. The molecule has 3 aromatic carbocycles. The summed E-state index contributed by atoms with van der Waals surface area (Å²) in [7, 11) is 0. The van der Waals surface area contributed by atoms with Crippen LogP contribution in [-0.4, -0.2) is 16.0 Å². The van der Waals surface area contributed by atoms with Gasteiger partial charge in [0.1, 0.15) is 5.52 Å². The van der Waals surface area contributed by atoms with Crippen LogP contribution in [0.3, 0.4) is 0 Å². The van der Waals surface area contributed by atoms with E-state index in [-0.39, 0.29) is 5.91 Å². The van der Waals surface area contributed by atoms with E-state index in [9.17, 15) is 4.79 Å². The molecule has 0 saturated carbocycles. The maximum atomic E-state index is 12.9. The quantitative estimate of drug-likeness (QED) is 0.315. The van der Waals surface area contributed by atoms with Gasteiger partial charge in [0, 0.05) is 33.6 Å². The third-order valence-electron chi connectivity index (χ3n) is 5.08. The molecule has 5 aromatic rings. The molecule has 0 unspecified atom stereocenters. The maximum Gasteiger partial charge on any atom is 0.257 e. The van der Waals surface area contributed by atoms with Gasteiger partial charge in [0.05, 0.1) is 5.39 Å². The minimum Gasteiger partial charge on any atom is -0.355 e. The van der Waals surface area contributed by atoms with E-state index in [2.05, 4.69) is 40.6 Å². The van der Waals surface area contributed by atoms with Crippen molar-refractivity contribution < 1.29 is 9.32 Å². The summed E-state index contributed by atoms with van der Waals surface area (Å²) in [6.45, 7) is 2.08. The zero-order valence-electron chi connectivity index (χ0n) is 17.1. The van der Waals surface area contributed by atoms with Crippen molar-refractivity contribution in [2.75, 3.05) is 5.32 Å². The Morgan fingerprint density at radius 3 is 2.75 bits per heavy atom. The number of thiazole rings is 1. The van der Waals surface area contributed by atoms with Crippen molar-refractivity contribution in [3.05, 3.63) is 99.5 Å². The predicted molar refractivity (Wildman–Crippen MR) is 129 cm³/mol. The summed E-state index contributed by atoms with van der Waals surface area (Å²) in [6, 6.07) is 21.0. The van der Waals surface area contributed by atoms with Gasteiger partial charge in [0.15, 0.2) is 10.9 Å². The molecule has 5 rings (SSSR count). The van der Waals surface area contributed by atoms with Crippen molar-refractivity contribution in [3.63, 3.8) is 0 Å². The lowest BCUT2D eigenvalue weighted by Gasteiger charge is -2.03. The van der Waals surface area contributed by atoms with Gasteiger partial charge in [-0.1, -0.05) is 46.6 Å². The van der Waals surface area contributed by atoms with E-state index in [4.69, 9.17) is 16.1 Å². The summed E-state index contributed by atoms with van der Waals surface area (Å²) in [5, 5.41) is 8.98. The average Bonchev–Trinajstić information content (AvgIpc) is 3.40. The van der Waals surface area contributed by atoms with Crippen LogP contribution in [0, 0.1) is 6.92 Å². The number of anilines is 1. The Morgan fingerprint density at radius 2 is 1.94 bits per heavy atom. The first kappa shape index (κ1) is 20.4. The average molecular weight is 460 g/mol. The fraction of sp³-hybridized carbons (Fsp3) is 0.0800. The number of rotatable bonds is 5. The lowest BCUT2D eigenvalue weighted by atomic mass is 10.1. The topological polar surface area (TPSA) is 68.0 Å². The molecule has 2 heterocycles. The first-order valence-corrected chi connectivity index (χ1v) is 11.2. The van der Waals surface area contributed by atoms with E-state index in [0.717, 1.165) is 22.2 Å². The van der Waals surface area contributed by atoms with Gasteiger partial charge >= 0.3 is 0 Å². The number of halogens is 1. The van der Waals surface area contributed by atoms with Crippen molar-refractivity contribution in [2.24, 2.45) is 0 Å². The third kappa shape index (κ3) is 4.28. The van der Waals surface area contributed by atoms with Gasteiger partial charge in [-0.2, -0.15) is 0 Å². The molecule has 32 heavy (non-hydrogen) atoms. The molecular formula is C25H18ClN3O2S. The molecule has 2 aromatic heterocycles. The van der Waals surface area contributed by atoms with Crippen LogP contribution in [0.5, 0.6) is 0 Å². The summed E-state index contributed by atoms with van der Waals surface area (Å²) in [4.78, 5) is 18.3. The Hall–Kier alpha value is -3.48. The molecule has 0 aliphatic rings. The molecule has 0 aliphatic carbocycles. The first-order chi connectivity index (χ1) is 15.5. The minimum atomic E-state index is -0.230. The van der Waals surface area contributed by atoms with Crippen LogP contribution in [0.2, 0.25) is 5.02 Å². The summed E-state index contributed by atoms with van der Waals surface area (Å²) in [5.74, 6) is 0.368. The molecule has 0 atom stereocenters.